The van der Waals surface area contributed by atoms with E-state index in [2.05, 4.69) is 4.74 Å². The number of hydrogen-bond donors (Lipinski definition) is 1. The molecule has 80 valence electrons. The SMILES string of the molecule is CCC(CC)(C(=O)OC)C(=O)C(=O)O. The summed E-state index contributed by atoms with van der Waals surface area (Å²) >= 11 is 0. The quantitative estimate of drug-likeness (QED) is 0.401. The van der Waals surface area contributed by atoms with Crippen LogP contribution in [0.5, 0.6) is 0 Å². The van der Waals surface area contributed by atoms with E-state index in [1.807, 2.05) is 0 Å². The van der Waals surface area contributed by atoms with Crippen molar-refractivity contribution in [2.75, 3.05) is 7.11 Å². The zero-order chi connectivity index (χ0) is 11.4. The number of methoxy groups -OCH3 is 1. The van der Waals surface area contributed by atoms with Gasteiger partial charge < -0.3 is 9.84 Å². The number of carbonyl (C=O) groups excluding carboxylic acids is 2. The third kappa shape index (κ3) is 1.92. The molecule has 0 heterocycles. The monoisotopic (exact) mass is 202 g/mol. The Balaban J connectivity index is 5.17. The van der Waals surface area contributed by atoms with Crippen LogP contribution < -0.4 is 0 Å². The third-order valence-corrected chi connectivity index (χ3v) is 2.41. The largest absolute Gasteiger partial charge is 0.475 e. The van der Waals surface area contributed by atoms with E-state index in [4.69, 9.17) is 5.11 Å². The highest BCUT2D eigenvalue weighted by atomic mass is 16.5. The van der Waals surface area contributed by atoms with E-state index in [0.717, 1.165) is 7.11 Å². The van der Waals surface area contributed by atoms with Crippen LogP contribution in [0.4, 0.5) is 0 Å². The number of Topliss-reactive ketones (excluding diaryl/α,β-unsaturated/α-hetero) is 1. The van der Waals surface area contributed by atoms with Crippen molar-refractivity contribution in [1.82, 2.24) is 0 Å². The molecule has 0 saturated carbocycles. The molecular weight excluding hydrogens is 188 g/mol. The van der Waals surface area contributed by atoms with Crippen LogP contribution in [0.25, 0.3) is 0 Å². The van der Waals surface area contributed by atoms with Crippen molar-refractivity contribution in [3.8, 4) is 0 Å². The van der Waals surface area contributed by atoms with Crippen molar-refractivity contribution >= 4 is 17.7 Å². The fourth-order valence-corrected chi connectivity index (χ4v) is 1.35. The molecule has 0 fully saturated rings. The number of esters is 1. The highest BCUT2D eigenvalue weighted by Crippen LogP contribution is 2.29. The number of carbonyl (C=O) groups is 3. The molecule has 1 N–H and O–H groups in total. The Morgan fingerprint density at radius 2 is 1.64 bits per heavy atom. The van der Waals surface area contributed by atoms with Crippen LogP contribution >= 0.6 is 0 Å². The van der Waals surface area contributed by atoms with Crippen molar-refractivity contribution in [2.45, 2.75) is 26.7 Å². The lowest BCUT2D eigenvalue weighted by molar-refractivity contribution is -0.166. The number of rotatable bonds is 5. The zero-order valence-corrected chi connectivity index (χ0v) is 8.49. The average molecular weight is 202 g/mol. The number of ketones is 1. The minimum atomic E-state index is -1.60. The van der Waals surface area contributed by atoms with Crippen LogP contribution in [0.15, 0.2) is 0 Å². The van der Waals surface area contributed by atoms with E-state index in [9.17, 15) is 14.4 Å². The summed E-state index contributed by atoms with van der Waals surface area (Å²) in [4.78, 5) is 33.2. The van der Waals surface area contributed by atoms with Gasteiger partial charge in [-0.3, -0.25) is 9.59 Å². The summed E-state index contributed by atoms with van der Waals surface area (Å²) in [7, 11) is 1.14. The first-order chi connectivity index (χ1) is 6.46. The van der Waals surface area contributed by atoms with Gasteiger partial charge in [-0.2, -0.15) is 0 Å². The second-order valence-electron chi connectivity index (χ2n) is 2.92. The number of carboxylic acid groups (broad SMARTS) is 1. The van der Waals surface area contributed by atoms with E-state index in [1.165, 1.54) is 0 Å². The summed E-state index contributed by atoms with van der Waals surface area (Å²) < 4.78 is 4.45. The van der Waals surface area contributed by atoms with E-state index in [-0.39, 0.29) is 12.8 Å². The molecule has 0 aromatic heterocycles. The smallest absolute Gasteiger partial charge is 0.373 e. The van der Waals surface area contributed by atoms with Crippen molar-refractivity contribution in [2.24, 2.45) is 5.41 Å². The predicted octanol–water partition coefficient (Wildman–Crippen LogP) is 0.620. The summed E-state index contributed by atoms with van der Waals surface area (Å²) in [6.07, 6.45) is 0.253. The van der Waals surface area contributed by atoms with Gasteiger partial charge in [-0.25, -0.2) is 4.79 Å². The second kappa shape index (κ2) is 4.74. The number of aliphatic carboxylic acids is 1. The summed E-state index contributed by atoms with van der Waals surface area (Å²) in [5, 5.41) is 8.57. The van der Waals surface area contributed by atoms with Crippen LogP contribution in [0.3, 0.4) is 0 Å². The van der Waals surface area contributed by atoms with E-state index in [0.29, 0.717) is 0 Å². The van der Waals surface area contributed by atoms with Gasteiger partial charge in [0, 0.05) is 0 Å². The highest BCUT2D eigenvalue weighted by Gasteiger charge is 2.47. The van der Waals surface area contributed by atoms with Crippen molar-refractivity contribution < 1.29 is 24.2 Å². The van der Waals surface area contributed by atoms with Gasteiger partial charge in [0.25, 0.3) is 5.78 Å². The molecule has 0 aliphatic carbocycles. The van der Waals surface area contributed by atoms with Gasteiger partial charge in [0.15, 0.2) is 0 Å². The Hall–Kier alpha value is -1.39. The van der Waals surface area contributed by atoms with Crippen molar-refractivity contribution in [3.05, 3.63) is 0 Å². The number of ether oxygens (including phenoxy) is 1. The number of carboxylic acids is 1. The molecule has 5 heteroatoms. The van der Waals surface area contributed by atoms with Crippen LogP contribution in [0.2, 0.25) is 0 Å². The normalized spacial score (nSPS) is 10.8. The Morgan fingerprint density at radius 1 is 1.21 bits per heavy atom. The molecular formula is C9H14O5. The lowest BCUT2D eigenvalue weighted by atomic mass is 9.78. The summed E-state index contributed by atoms with van der Waals surface area (Å²) in [5.41, 5.74) is -1.53. The van der Waals surface area contributed by atoms with E-state index < -0.39 is 23.1 Å². The lowest BCUT2D eigenvalue weighted by Crippen LogP contribution is -2.43. The summed E-state index contributed by atoms with van der Waals surface area (Å²) in [5.74, 6) is -3.48. The standard InChI is InChI=1S/C9H14O5/c1-4-9(5-2,8(13)14-3)6(10)7(11)12/h4-5H2,1-3H3,(H,11,12). The molecule has 0 radical (unpaired) electrons. The van der Waals surface area contributed by atoms with Gasteiger partial charge in [-0.15, -0.1) is 0 Å². The topological polar surface area (TPSA) is 80.7 Å². The Bertz CT molecular complexity index is 252. The molecule has 0 atom stereocenters. The molecule has 0 bridgehead atoms. The Labute approximate surface area is 82.1 Å². The molecule has 0 aromatic rings. The minimum Gasteiger partial charge on any atom is -0.475 e. The Kier molecular flexibility index (Phi) is 4.27. The molecule has 0 spiro atoms. The molecule has 0 aliphatic rings. The van der Waals surface area contributed by atoms with Crippen LogP contribution in [0, 0.1) is 5.41 Å². The first kappa shape index (κ1) is 12.6. The molecule has 5 nitrogen and oxygen atoms in total. The summed E-state index contributed by atoms with van der Waals surface area (Å²) in [6, 6.07) is 0. The second-order valence-corrected chi connectivity index (χ2v) is 2.92. The zero-order valence-electron chi connectivity index (χ0n) is 8.49. The number of hydrogen-bond acceptors (Lipinski definition) is 4. The van der Waals surface area contributed by atoms with Gasteiger partial charge in [0.2, 0.25) is 0 Å². The fraction of sp³-hybridized carbons (Fsp3) is 0.667. The lowest BCUT2D eigenvalue weighted by Gasteiger charge is -2.24. The molecule has 0 aromatic carbocycles. The average Bonchev–Trinajstić information content (AvgIpc) is 2.19. The summed E-state index contributed by atoms with van der Waals surface area (Å²) in [6.45, 7) is 3.17. The van der Waals surface area contributed by atoms with Gasteiger partial charge >= 0.3 is 11.9 Å². The molecule has 14 heavy (non-hydrogen) atoms. The van der Waals surface area contributed by atoms with Gasteiger partial charge in [-0.1, -0.05) is 13.8 Å². The maximum atomic E-state index is 11.3. The van der Waals surface area contributed by atoms with Gasteiger partial charge in [0.1, 0.15) is 5.41 Å². The maximum Gasteiger partial charge on any atom is 0.373 e. The molecule has 0 saturated heterocycles. The van der Waals surface area contributed by atoms with Gasteiger partial charge in [-0.05, 0) is 12.8 Å². The van der Waals surface area contributed by atoms with Crippen molar-refractivity contribution in [3.63, 3.8) is 0 Å². The van der Waals surface area contributed by atoms with Crippen LogP contribution in [-0.2, 0) is 19.1 Å². The van der Waals surface area contributed by atoms with E-state index >= 15 is 0 Å². The Morgan fingerprint density at radius 3 is 1.86 bits per heavy atom. The highest BCUT2D eigenvalue weighted by molar-refractivity contribution is 6.39. The van der Waals surface area contributed by atoms with Crippen LogP contribution in [0.1, 0.15) is 26.7 Å². The molecule has 0 rings (SSSR count). The van der Waals surface area contributed by atoms with Gasteiger partial charge in [0.05, 0.1) is 7.11 Å². The minimum absolute atomic E-state index is 0.126. The van der Waals surface area contributed by atoms with Crippen molar-refractivity contribution in [1.29, 1.82) is 0 Å². The molecule has 0 amide bonds. The maximum absolute atomic E-state index is 11.3. The molecule has 0 aliphatic heterocycles. The predicted molar refractivity (Wildman–Crippen MR) is 47.7 cm³/mol. The molecule has 0 unspecified atom stereocenters. The van der Waals surface area contributed by atoms with E-state index in [1.54, 1.807) is 13.8 Å². The first-order valence-electron chi connectivity index (χ1n) is 4.32. The third-order valence-electron chi connectivity index (χ3n) is 2.41. The first-order valence-corrected chi connectivity index (χ1v) is 4.32. The van der Waals surface area contributed by atoms with Crippen LogP contribution in [-0.4, -0.2) is 29.9 Å². The fourth-order valence-electron chi connectivity index (χ4n) is 1.35.